The molecule has 0 saturated carbocycles. The van der Waals surface area contributed by atoms with Gasteiger partial charge < -0.3 is 26.0 Å². The van der Waals surface area contributed by atoms with E-state index in [1.807, 2.05) is 0 Å². The van der Waals surface area contributed by atoms with Crippen LogP contribution in [0.3, 0.4) is 0 Å². The molecule has 9 nitrogen and oxygen atoms in total. The van der Waals surface area contributed by atoms with Crippen molar-refractivity contribution >= 4 is 23.8 Å². The maximum absolute atomic E-state index is 13.6. The first kappa shape index (κ1) is 29.5. The van der Waals surface area contributed by atoms with Crippen LogP contribution >= 0.6 is 0 Å². The van der Waals surface area contributed by atoms with Gasteiger partial charge in [0.15, 0.2) is 0 Å². The van der Waals surface area contributed by atoms with Crippen molar-refractivity contribution in [2.45, 2.75) is 78.0 Å². The minimum absolute atomic E-state index is 0.107. The van der Waals surface area contributed by atoms with Gasteiger partial charge in [0.2, 0.25) is 17.7 Å². The zero-order valence-corrected chi connectivity index (χ0v) is 21.3. The van der Waals surface area contributed by atoms with Gasteiger partial charge in [-0.1, -0.05) is 43.9 Å². The standard InChI is InChI=1S/C26H38N4O5/c1-7-10-13-16-28-23(32)22(19-15-12-11-14-18(19)8-2)30(9-3)24(33)20(17-21(27)31)29-25(34)35-26(4,5)6/h2,11-12,14-15,20,22H,7,9-10,13,16-17H2,1,3-6H3,(H2,27,31)(H,28,32)(H,29,34). The summed E-state index contributed by atoms with van der Waals surface area (Å²) < 4.78 is 5.24. The molecule has 0 fully saturated rings. The average molecular weight is 487 g/mol. The summed E-state index contributed by atoms with van der Waals surface area (Å²) in [6.45, 7) is 9.32. The molecule has 1 aromatic rings. The number of carbonyl (C=O) groups is 4. The van der Waals surface area contributed by atoms with Crippen molar-refractivity contribution < 1.29 is 23.9 Å². The number of alkyl carbamates (subject to hydrolysis) is 1. The highest BCUT2D eigenvalue weighted by atomic mass is 16.6. The number of unbranched alkanes of at least 4 members (excludes halogenated alkanes) is 2. The number of nitrogens with two attached hydrogens (primary N) is 1. The van der Waals surface area contributed by atoms with Crippen molar-refractivity contribution in [3.63, 3.8) is 0 Å². The molecule has 1 rings (SSSR count). The van der Waals surface area contributed by atoms with Crippen molar-refractivity contribution in [2.75, 3.05) is 13.1 Å². The van der Waals surface area contributed by atoms with Gasteiger partial charge in [0.1, 0.15) is 17.7 Å². The van der Waals surface area contributed by atoms with Crippen LogP contribution in [0.2, 0.25) is 0 Å². The topological polar surface area (TPSA) is 131 Å². The van der Waals surface area contributed by atoms with E-state index >= 15 is 0 Å². The van der Waals surface area contributed by atoms with Crippen LogP contribution < -0.4 is 16.4 Å². The Kier molecular flexibility index (Phi) is 11.8. The Balaban J connectivity index is 3.38. The summed E-state index contributed by atoms with van der Waals surface area (Å²) in [5.74, 6) is 0.708. The lowest BCUT2D eigenvalue weighted by Crippen LogP contribution is -2.54. The molecule has 0 aliphatic rings. The molecule has 192 valence electrons. The predicted molar refractivity (Wildman–Crippen MR) is 134 cm³/mol. The fourth-order valence-electron chi connectivity index (χ4n) is 3.52. The Morgan fingerprint density at radius 1 is 1.14 bits per heavy atom. The van der Waals surface area contributed by atoms with Crippen LogP contribution in [0.4, 0.5) is 4.79 Å². The van der Waals surface area contributed by atoms with Gasteiger partial charge in [-0.3, -0.25) is 14.4 Å². The molecule has 0 saturated heterocycles. The summed E-state index contributed by atoms with van der Waals surface area (Å²) in [6.07, 6.45) is 7.06. The molecule has 2 unspecified atom stereocenters. The van der Waals surface area contributed by atoms with Crippen LogP contribution in [-0.4, -0.2) is 53.4 Å². The highest BCUT2D eigenvalue weighted by molar-refractivity contribution is 5.94. The van der Waals surface area contributed by atoms with Crippen molar-refractivity contribution in [2.24, 2.45) is 5.73 Å². The smallest absolute Gasteiger partial charge is 0.408 e. The molecule has 35 heavy (non-hydrogen) atoms. The second-order valence-corrected chi connectivity index (χ2v) is 9.13. The molecule has 0 spiro atoms. The fraction of sp³-hybridized carbons (Fsp3) is 0.538. The molecule has 4 amide bonds. The third-order valence-electron chi connectivity index (χ3n) is 5.07. The quantitative estimate of drug-likeness (QED) is 0.309. The number of hydrogen-bond donors (Lipinski definition) is 3. The molecular weight excluding hydrogens is 448 g/mol. The molecule has 9 heteroatoms. The molecule has 0 bridgehead atoms. The molecule has 4 N–H and O–H groups in total. The Morgan fingerprint density at radius 2 is 1.80 bits per heavy atom. The number of primary amides is 1. The van der Waals surface area contributed by atoms with E-state index in [-0.39, 0.29) is 6.54 Å². The summed E-state index contributed by atoms with van der Waals surface area (Å²) in [5.41, 5.74) is 5.46. The summed E-state index contributed by atoms with van der Waals surface area (Å²) in [5, 5.41) is 5.31. The largest absolute Gasteiger partial charge is 0.444 e. The van der Waals surface area contributed by atoms with Gasteiger partial charge in [-0.05, 0) is 45.7 Å². The number of likely N-dealkylation sites (N-methyl/N-ethyl adjacent to an activating group) is 1. The van der Waals surface area contributed by atoms with E-state index in [0.717, 1.165) is 19.3 Å². The Hall–Kier alpha value is -3.54. The SMILES string of the molecule is C#Cc1ccccc1C(C(=O)NCCCCC)N(CC)C(=O)C(CC(N)=O)NC(=O)OC(C)(C)C. The highest BCUT2D eigenvalue weighted by Crippen LogP contribution is 2.26. The highest BCUT2D eigenvalue weighted by Gasteiger charge is 2.36. The van der Waals surface area contributed by atoms with E-state index in [9.17, 15) is 19.2 Å². The molecule has 0 aliphatic carbocycles. The number of nitrogens with zero attached hydrogens (tertiary/aromatic N) is 1. The van der Waals surface area contributed by atoms with Crippen molar-refractivity contribution in [1.29, 1.82) is 0 Å². The van der Waals surface area contributed by atoms with Crippen LogP contribution in [0, 0.1) is 12.3 Å². The minimum Gasteiger partial charge on any atom is -0.444 e. The van der Waals surface area contributed by atoms with Crippen molar-refractivity contribution in [3.8, 4) is 12.3 Å². The summed E-state index contributed by atoms with van der Waals surface area (Å²) in [7, 11) is 0. The zero-order valence-electron chi connectivity index (χ0n) is 21.3. The maximum Gasteiger partial charge on any atom is 0.408 e. The number of ether oxygens (including phenoxy) is 1. The third-order valence-corrected chi connectivity index (χ3v) is 5.07. The zero-order chi connectivity index (χ0) is 26.6. The van der Waals surface area contributed by atoms with Gasteiger partial charge >= 0.3 is 6.09 Å². The van der Waals surface area contributed by atoms with Crippen molar-refractivity contribution in [1.82, 2.24) is 15.5 Å². The second-order valence-electron chi connectivity index (χ2n) is 9.13. The lowest BCUT2D eigenvalue weighted by Gasteiger charge is -2.34. The molecule has 0 heterocycles. The first-order chi connectivity index (χ1) is 16.4. The minimum atomic E-state index is -1.32. The molecule has 0 aromatic heterocycles. The fourth-order valence-corrected chi connectivity index (χ4v) is 3.52. The van der Waals surface area contributed by atoms with Crippen molar-refractivity contribution in [3.05, 3.63) is 35.4 Å². The van der Waals surface area contributed by atoms with E-state index in [0.29, 0.717) is 17.7 Å². The number of amides is 4. The molecule has 1 aromatic carbocycles. The number of benzene rings is 1. The molecule has 0 radical (unpaired) electrons. The monoisotopic (exact) mass is 486 g/mol. The second kappa shape index (κ2) is 14.0. The van der Waals surface area contributed by atoms with E-state index in [1.165, 1.54) is 4.90 Å². The lowest BCUT2D eigenvalue weighted by atomic mass is 9.97. The number of rotatable bonds is 12. The third kappa shape index (κ3) is 9.69. The maximum atomic E-state index is 13.6. The van der Waals surface area contributed by atoms with E-state index < -0.39 is 47.9 Å². The predicted octanol–water partition coefficient (Wildman–Crippen LogP) is 2.63. The van der Waals surface area contributed by atoms with Gasteiger partial charge in [-0.25, -0.2) is 4.79 Å². The van der Waals surface area contributed by atoms with Gasteiger partial charge in [0, 0.05) is 18.7 Å². The number of carbonyl (C=O) groups excluding carboxylic acids is 4. The average Bonchev–Trinajstić information content (AvgIpc) is 2.77. The summed E-state index contributed by atoms with van der Waals surface area (Å²) in [4.78, 5) is 52.4. The van der Waals surface area contributed by atoms with Gasteiger partial charge in [-0.15, -0.1) is 6.42 Å². The summed E-state index contributed by atoms with van der Waals surface area (Å²) in [6, 6.07) is 4.45. The molecular formula is C26H38N4O5. The Morgan fingerprint density at radius 3 is 2.34 bits per heavy atom. The van der Waals surface area contributed by atoms with Gasteiger partial charge in [0.05, 0.1) is 6.42 Å². The van der Waals surface area contributed by atoms with Crippen LogP contribution in [0.1, 0.15) is 77.5 Å². The van der Waals surface area contributed by atoms with E-state index in [4.69, 9.17) is 16.9 Å². The Bertz CT molecular complexity index is 932. The summed E-state index contributed by atoms with van der Waals surface area (Å²) >= 11 is 0. The van der Waals surface area contributed by atoms with Crippen LogP contribution in [0.25, 0.3) is 0 Å². The molecule has 0 aliphatic heterocycles. The van der Waals surface area contributed by atoms with E-state index in [2.05, 4.69) is 23.5 Å². The van der Waals surface area contributed by atoms with Crippen LogP contribution in [-0.2, 0) is 19.1 Å². The van der Waals surface area contributed by atoms with E-state index in [1.54, 1.807) is 52.0 Å². The Labute approximate surface area is 208 Å². The normalized spacial score (nSPS) is 12.6. The van der Waals surface area contributed by atoms with Crippen LogP contribution in [0.15, 0.2) is 24.3 Å². The first-order valence-corrected chi connectivity index (χ1v) is 11.9. The van der Waals surface area contributed by atoms with Gasteiger partial charge in [-0.2, -0.15) is 0 Å². The molecule has 2 atom stereocenters. The van der Waals surface area contributed by atoms with Crippen LogP contribution in [0.5, 0.6) is 0 Å². The first-order valence-electron chi connectivity index (χ1n) is 11.9. The van der Waals surface area contributed by atoms with Gasteiger partial charge in [0.25, 0.3) is 0 Å². The number of terminal acetylenes is 1. The lowest BCUT2D eigenvalue weighted by molar-refractivity contribution is -0.143. The number of hydrogen-bond acceptors (Lipinski definition) is 5. The number of nitrogens with one attached hydrogen (secondary N) is 2.